The van der Waals surface area contributed by atoms with E-state index < -0.39 is 36.0 Å². The Labute approximate surface area is 155 Å². The highest BCUT2D eigenvalue weighted by Gasteiger charge is 2.42. The van der Waals surface area contributed by atoms with Crippen LogP contribution in [0, 0.1) is 0 Å². The van der Waals surface area contributed by atoms with Crippen LogP contribution in [0.15, 0.2) is 48.5 Å². The summed E-state index contributed by atoms with van der Waals surface area (Å²) in [5, 5.41) is 3.02. The molecule has 0 saturated heterocycles. The van der Waals surface area contributed by atoms with E-state index in [2.05, 4.69) is 5.32 Å². The predicted octanol–water partition coefficient (Wildman–Crippen LogP) is 1.86. The van der Waals surface area contributed by atoms with Gasteiger partial charge < -0.3 is 0 Å². The fourth-order valence-corrected chi connectivity index (χ4v) is 3.62. The van der Waals surface area contributed by atoms with E-state index >= 15 is 0 Å². The van der Waals surface area contributed by atoms with Gasteiger partial charge in [0, 0.05) is 0 Å². The van der Waals surface area contributed by atoms with E-state index in [-0.39, 0.29) is 0 Å². The number of carbonyl (C=O) groups is 4. The van der Waals surface area contributed by atoms with Crippen molar-refractivity contribution in [3.63, 3.8) is 0 Å². The second-order valence-electron chi connectivity index (χ2n) is 6.57. The third-order valence-corrected chi connectivity index (χ3v) is 4.91. The first-order valence-corrected chi connectivity index (χ1v) is 8.61. The highest BCUT2D eigenvalue weighted by atomic mass is 16.2. The van der Waals surface area contributed by atoms with Gasteiger partial charge in [0.05, 0.1) is 34.6 Å². The number of rotatable bonds is 4. The molecule has 0 aliphatic carbocycles. The molecule has 2 aromatic rings. The lowest BCUT2D eigenvalue weighted by atomic mass is 10.1. The minimum Gasteiger partial charge on any atom is -0.277 e. The summed E-state index contributed by atoms with van der Waals surface area (Å²) in [6, 6.07) is 13.2. The van der Waals surface area contributed by atoms with E-state index in [1.165, 1.54) is 0 Å². The Morgan fingerprint density at radius 3 is 1.11 bits per heavy atom. The first-order chi connectivity index (χ1) is 12.9. The van der Waals surface area contributed by atoms with Crippen molar-refractivity contribution < 1.29 is 19.2 Å². The lowest BCUT2D eigenvalue weighted by Crippen LogP contribution is -2.55. The van der Waals surface area contributed by atoms with Crippen molar-refractivity contribution in [1.29, 1.82) is 0 Å². The Hall–Kier alpha value is -3.32. The summed E-state index contributed by atoms with van der Waals surface area (Å²) in [6.45, 7) is 3.30. The molecule has 7 heteroatoms. The van der Waals surface area contributed by atoms with Crippen LogP contribution in [0.4, 0.5) is 0 Å². The van der Waals surface area contributed by atoms with Crippen LogP contribution in [0.25, 0.3) is 0 Å². The van der Waals surface area contributed by atoms with E-state index in [1.807, 2.05) is 0 Å². The molecular weight excluding hydrogens is 346 g/mol. The van der Waals surface area contributed by atoms with Crippen LogP contribution in [0.3, 0.4) is 0 Å². The van der Waals surface area contributed by atoms with Crippen LogP contribution in [-0.4, -0.2) is 45.8 Å². The summed E-state index contributed by atoms with van der Waals surface area (Å²) in [5.74, 6) is -1.59. The molecule has 0 spiro atoms. The van der Waals surface area contributed by atoms with Crippen LogP contribution in [0.2, 0.25) is 0 Å². The van der Waals surface area contributed by atoms with E-state index in [0.717, 1.165) is 9.80 Å². The first-order valence-electron chi connectivity index (χ1n) is 8.61. The zero-order valence-electron chi connectivity index (χ0n) is 14.8. The zero-order valence-corrected chi connectivity index (χ0v) is 14.8. The number of carbonyl (C=O) groups excluding carboxylic acids is 4. The molecule has 27 heavy (non-hydrogen) atoms. The van der Waals surface area contributed by atoms with E-state index in [4.69, 9.17) is 0 Å². The molecule has 2 aliphatic rings. The smallest absolute Gasteiger partial charge is 0.262 e. The summed E-state index contributed by atoms with van der Waals surface area (Å²) in [4.78, 5) is 52.5. The minimum absolute atomic E-state index is 0.351. The SMILES string of the molecule is CC(NC(C)N1C(=O)c2ccccc2C1=O)N1C(=O)c2ccccc2C1=O. The number of benzene rings is 2. The Balaban J connectivity index is 1.54. The predicted molar refractivity (Wildman–Crippen MR) is 95.9 cm³/mol. The summed E-state index contributed by atoms with van der Waals surface area (Å²) < 4.78 is 0. The maximum Gasteiger partial charge on any atom is 0.262 e. The van der Waals surface area contributed by atoms with Crippen molar-refractivity contribution in [2.24, 2.45) is 0 Å². The number of nitrogens with zero attached hydrogens (tertiary/aromatic N) is 2. The van der Waals surface area contributed by atoms with E-state index in [0.29, 0.717) is 22.3 Å². The van der Waals surface area contributed by atoms with Crippen LogP contribution in [-0.2, 0) is 0 Å². The molecule has 0 radical (unpaired) electrons. The van der Waals surface area contributed by atoms with Crippen LogP contribution in [0.1, 0.15) is 55.3 Å². The minimum atomic E-state index is -0.697. The van der Waals surface area contributed by atoms with Gasteiger partial charge in [0.1, 0.15) is 0 Å². The van der Waals surface area contributed by atoms with Gasteiger partial charge in [-0.2, -0.15) is 0 Å². The van der Waals surface area contributed by atoms with Gasteiger partial charge in [0.15, 0.2) is 0 Å². The van der Waals surface area contributed by atoms with Crippen molar-refractivity contribution in [3.8, 4) is 0 Å². The fourth-order valence-electron chi connectivity index (χ4n) is 3.62. The third kappa shape index (κ3) is 2.47. The molecule has 2 atom stereocenters. The molecule has 0 aromatic heterocycles. The third-order valence-electron chi connectivity index (χ3n) is 4.91. The fraction of sp³-hybridized carbons (Fsp3) is 0.200. The average molecular weight is 363 g/mol. The second kappa shape index (κ2) is 6.14. The van der Waals surface area contributed by atoms with Gasteiger partial charge in [-0.3, -0.25) is 34.3 Å². The second-order valence-corrected chi connectivity index (χ2v) is 6.57. The lowest BCUT2D eigenvalue weighted by Gasteiger charge is -2.30. The molecule has 2 aliphatic heterocycles. The van der Waals surface area contributed by atoms with Crippen molar-refractivity contribution in [2.75, 3.05) is 0 Å². The number of imide groups is 2. The molecule has 136 valence electrons. The molecule has 2 heterocycles. The molecular formula is C20H17N3O4. The monoisotopic (exact) mass is 363 g/mol. The number of hydrogen-bond donors (Lipinski definition) is 1. The highest BCUT2D eigenvalue weighted by molar-refractivity contribution is 6.22. The van der Waals surface area contributed by atoms with Crippen LogP contribution in [0.5, 0.6) is 0 Å². The Kier molecular flexibility index (Phi) is 3.89. The quantitative estimate of drug-likeness (QED) is 0.838. The molecule has 7 nitrogen and oxygen atoms in total. The average Bonchev–Trinajstić information content (AvgIpc) is 3.07. The molecule has 0 fully saturated rings. The molecule has 2 unspecified atom stereocenters. The van der Waals surface area contributed by atoms with Gasteiger partial charge in [-0.15, -0.1) is 0 Å². The largest absolute Gasteiger partial charge is 0.277 e. The molecule has 4 amide bonds. The number of amides is 4. The Morgan fingerprint density at radius 1 is 0.593 bits per heavy atom. The standard InChI is InChI=1S/C20H17N3O4/c1-11(22-17(24)13-7-3-4-8-14(13)18(22)25)21-12(2)23-19(26)15-9-5-6-10-16(15)20(23)27/h3-12,21H,1-2H3. The van der Waals surface area contributed by atoms with E-state index in [9.17, 15) is 19.2 Å². The first kappa shape index (κ1) is 17.1. The Morgan fingerprint density at radius 2 is 0.852 bits per heavy atom. The van der Waals surface area contributed by atoms with Crippen molar-refractivity contribution in [1.82, 2.24) is 15.1 Å². The number of hydrogen-bond acceptors (Lipinski definition) is 5. The van der Waals surface area contributed by atoms with Gasteiger partial charge in [-0.25, -0.2) is 0 Å². The zero-order chi connectivity index (χ0) is 19.3. The van der Waals surface area contributed by atoms with Crippen LogP contribution < -0.4 is 5.32 Å². The normalized spacial score (nSPS) is 18.0. The summed E-state index contributed by atoms with van der Waals surface area (Å²) in [6.07, 6.45) is -1.39. The Bertz CT molecular complexity index is 851. The molecule has 0 saturated carbocycles. The molecule has 0 bridgehead atoms. The molecule has 2 aromatic carbocycles. The molecule has 4 rings (SSSR count). The van der Waals surface area contributed by atoms with Crippen LogP contribution >= 0.6 is 0 Å². The van der Waals surface area contributed by atoms with Crippen molar-refractivity contribution in [3.05, 3.63) is 70.8 Å². The van der Waals surface area contributed by atoms with Gasteiger partial charge in [-0.05, 0) is 38.1 Å². The van der Waals surface area contributed by atoms with Gasteiger partial charge in [0.2, 0.25) is 0 Å². The highest BCUT2D eigenvalue weighted by Crippen LogP contribution is 2.26. The van der Waals surface area contributed by atoms with Crippen molar-refractivity contribution >= 4 is 23.6 Å². The van der Waals surface area contributed by atoms with Gasteiger partial charge in [-0.1, -0.05) is 24.3 Å². The topological polar surface area (TPSA) is 86.8 Å². The molecule has 1 N–H and O–H groups in total. The summed E-state index contributed by atoms with van der Waals surface area (Å²) in [5.41, 5.74) is 1.41. The number of fused-ring (bicyclic) bond motifs is 2. The maximum atomic E-state index is 12.6. The number of nitrogens with one attached hydrogen (secondary N) is 1. The maximum absolute atomic E-state index is 12.6. The van der Waals surface area contributed by atoms with Crippen molar-refractivity contribution in [2.45, 2.75) is 26.2 Å². The van der Waals surface area contributed by atoms with Gasteiger partial charge >= 0.3 is 0 Å². The summed E-state index contributed by atoms with van der Waals surface area (Å²) in [7, 11) is 0. The van der Waals surface area contributed by atoms with E-state index in [1.54, 1.807) is 62.4 Å². The summed E-state index contributed by atoms with van der Waals surface area (Å²) >= 11 is 0. The lowest BCUT2D eigenvalue weighted by molar-refractivity contribution is 0.0468. The van der Waals surface area contributed by atoms with Gasteiger partial charge in [0.25, 0.3) is 23.6 Å².